The summed E-state index contributed by atoms with van der Waals surface area (Å²) < 4.78 is 5.19. The number of hydrogen-bond acceptors (Lipinski definition) is 4. The number of rotatable bonds is 5. The quantitative estimate of drug-likeness (QED) is 0.800. The maximum atomic E-state index is 5.19. The summed E-state index contributed by atoms with van der Waals surface area (Å²) in [6, 6.07) is 0.362. The fraction of sp³-hybridized carbons (Fsp3) is 0.636. The van der Waals surface area contributed by atoms with Gasteiger partial charge in [0, 0.05) is 24.4 Å². The number of methoxy groups -OCH3 is 1. The summed E-state index contributed by atoms with van der Waals surface area (Å²) in [5, 5.41) is 3.37. The summed E-state index contributed by atoms with van der Waals surface area (Å²) in [5.41, 5.74) is 0.911. The molecule has 1 aromatic heterocycles. The molecule has 0 fully saturated rings. The van der Waals surface area contributed by atoms with Crippen LogP contribution in [0, 0.1) is 0 Å². The van der Waals surface area contributed by atoms with Gasteiger partial charge in [0.05, 0.1) is 7.11 Å². The zero-order valence-corrected chi connectivity index (χ0v) is 9.82. The highest BCUT2D eigenvalue weighted by atomic mass is 16.5. The van der Waals surface area contributed by atoms with E-state index in [0.29, 0.717) is 11.9 Å². The molecule has 0 spiro atoms. The number of aromatic nitrogens is 2. The first-order valence-corrected chi connectivity index (χ1v) is 5.29. The Labute approximate surface area is 91.1 Å². The molecule has 1 N–H and O–H groups in total. The summed E-state index contributed by atoms with van der Waals surface area (Å²) in [6.07, 6.45) is 3.35. The predicted molar refractivity (Wildman–Crippen MR) is 60.1 cm³/mol. The molecule has 0 aliphatic carbocycles. The van der Waals surface area contributed by atoms with Crippen LogP contribution in [0.15, 0.2) is 12.4 Å². The van der Waals surface area contributed by atoms with Gasteiger partial charge in [-0.25, -0.2) is 4.98 Å². The average molecular weight is 209 g/mol. The standard InChI is InChI=1S/C11H19N3O/c1-5-12-9(3)8(2)10-11(15-4)14-7-6-13-10/h6-9,12H,5H2,1-4H3. The van der Waals surface area contributed by atoms with Gasteiger partial charge in [-0.3, -0.25) is 4.98 Å². The SMILES string of the molecule is CCNC(C)C(C)c1nccnc1OC. The van der Waals surface area contributed by atoms with Crippen LogP contribution in [0.5, 0.6) is 5.88 Å². The van der Waals surface area contributed by atoms with Gasteiger partial charge in [0.1, 0.15) is 5.69 Å². The lowest BCUT2D eigenvalue weighted by molar-refractivity contribution is 0.376. The maximum Gasteiger partial charge on any atom is 0.235 e. The Morgan fingerprint density at radius 2 is 2.00 bits per heavy atom. The molecule has 4 nitrogen and oxygen atoms in total. The van der Waals surface area contributed by atoms with Crippen LogP contribution in [0.1, 0.15) is 32.4 Å². The topological polar surface area (TPSA) is 47.0 Å². The van der Waals surface area contributed by atoms with Crippen LogP contribution < -0.4 is 10.1 Å². The Morgan fingerprint density at radius 3 is 2.60 bits per heavy atom. The molecule has 0 saturated heterocycles. The molecule has 0 aliphatic rings. The molecule has 84 valence electrons. The van der Waals surface area contributed by atoms with Crippen molar-refractivity contribution < 1.29 is 4.74 Å². The molecule has 0 aromatic carbocycles. The summed E-state index contributed by atoms with van der Waals surface area (Å²) in [5.74, 6) is 0.906. The van der Waals surface area contributed by atoms with Crippen molar-refractivity contribution in [3.63, 3.8) is 0 Å². The van der Waals surface area contributed by atoms with E-state index in [1.807, 2.05) is 0 Å². The van der Waals surface area contributed by atoms with Crippen molar-refractivity contribution in [3.8, 4) is 5.88 Å². The third-order valence-electron chi connectivity index (χ3n) is 2.59. The molecule has 0 saturated carbocycles. The van der Waals surface area contributed by atoms with E-state index in [0.717, 1.165) is 12.2 Å². The molecule has 0 radical (unpaired) electrons. The number of nitrogens with one attached hydrogen (secondary N) is 1. The maximum absolute atomic E-state index is 5.19. The highest BCUT2D eigenvalue weighted by molar-refractivity contribution is 5.22. The number of ether oxygens (including phenoxy) is 1. The molecule has 0 amide bonds. The molecule has 1 rings (SSSR count). The minimum Gasteiger partial charge on any atom is -0.480 e. The van der Waals surface area contributed by atoms with E-state index in [9.17, 15) is 0 Å². The summed E-state index contributed by atoms with van der Waals surface area (Å²) in [6.45, 7) is 7.31. The van der Waals surface area contributed by atoms with E-state index in [1.165, 1.54) is 0 Å². The Bertz CT molecular complexity index is 304. The van der Waals surface area contributed by atoms with Gasteiger partial charge in [0.15, 0.2) is 0 Å². The number of likely N-dealkylation sites (N-methyl/N-ethyl adjacent to an activating group) is 1. The van der Waals surface area contributed by atoms with Gasteiger partial charge >= 0.3 is 0 Å². The smallest absolute Gasteiger partial charge is 0.235 e. The number of hydrogen-bond donors (Lipinski definition) is 1. The molecule has 4 heteroatoms. The molecular weight excluding hydrogens is 190 g/mol. The van der Waals surface area contributed by atoms with Crippen LogP contribution in [0.4, 0.5) is 0 Å². The van der Waals surface area contributed by atoms with Crippen LogP contribution in [0.2, 0.25) is 0 Å². The predicted octanol–water partition coefficient (Wildman–Crippen LogP) is 1.59. The van der Waals surface area contributed by atoms with E-state index < -0.39 is 0 Å². The van der Waals surface area contributed by atoms with Crippen LogP contribution in [0.25, 0.3) is 0 Å². The van der Waals surface area contributed by atoms with Gasteiger partial charge in [-0.1, -0.05) is 13.8 Å². The molecule has 1 aromatic rings. The van der Waals surface area contributed by atoms with Gasteiger partial charge in [0.25, 0.3) is 0 Å². The van der Waals surface area contributed by atoms with E-state index in [2.05, 4.69) is 36.1 Å². The Kier molecular flexibility index (Phi) is 4.49. The van der Waals surface area contributed by atoms with Crippen LogP contribution in [-0.4, -0.2) is 29.7 Å². The van der Waals surface area contributed by atoms with E-state index >= 15 is 0 Å². The average Bonchev–Trinajstić information content (AvgIpc) is 2.28. The molecular formula is C11H19N3O. The third-order valence-corrected chi connectivity index (χ3v) is 2.59. The first-order valence-electron chi connectivity index (χ1n) is 5.29. The Morgan fingerprint density at radius 1 is 1.33 bits per heavy atom. The normalized spacial score (nSPS) is 14.7. The van der Waals surface area contributed by atoms with Gasteiger partial charge in [-0.2, -0.15) is 0 Å². The van der Waals surface area contributed by atoms with Gasteiger partial charge in [0.2, 0.25) is 5.88 Å². The van der Waals surface area contributed by atoms with Gasteiger partial charge in [-0.05, 0) is 13.5 Å². The third kappa shape index (κ3) is 2.89. The van der Waals surface area contributed by atoms with Gasteiger partial charge < -0.3 is 10.1 Å². The van der Waals surface area contributed by atoms with Crippen molar-refractivity contribution in [1.82, 2.24) is 15.3 Å². The highest BCUT2D eigenvalue weighted by Gasteiger charge is 2.19. The molecule has 2 atom stereocenters. The van der Waals surface area contributed by atoms with Crippen LogP contribution >= 0.6 is 0 Å². The second kappa shape index (κ2) is 5.66. The lowest BCUT2D eigenvalue weighted by Crippen LogP contribution is -2.31. The van der Waals surface area contributed by atoms with Gasteiger partial charge in [-0.15, -0.1) is 0 Å². The summed E-state index contributed by atoms with van der Waals surface area (Å²) in [7, 11) is 1.62. The molecule has 1 heterocycles. The Balaban J connectivity index is 2.84. The van der Waals surface area contributed by atoms with Crippen molar-refractivity contribution in [3.05, 3.63) is 18.1 Å². The van der Waals surface area contributed by atoms with Crippen molar-refractivity contribution >= 4 is 0 Å². The fourth-order valence-electron chi connectivity index (χ4n) is 1.54. The zero-order chi connectivity index (χ0) is 11.3. The monoisotopic (exact) mass is 209 g/mol. The van der Waals surface area contributed by atoms with Crippen molar-refractivity contribution in [2.45, 2.75) is 32.7 Å². The van der Waals surface area contributed by atoms with E-state index in [-0.39, 0.29) is 5.92 Å². The van der Waals surface area contributed by atoms with Crippen molar-refractivity contribution in [1.29, 1.82) is 0 Å². The van der Waals surface area contributed by atoms with E-state index in [1.54, 1.807) is 19.5 Å². The second-order valence-corrected chi connectivity index (χ2v) is 3.59. The van der Waals surface area contributed by atoms with Crippen molar-refractivity contribution in [2.75, 3.05) is 13.7 Å². The zero-order valence-electron chi connectivity index (χ0n) is 9.82. The lowest BCUT2D eigenvalue weighted by Gasteiger charge is -2.20. The van der Waals surface area contributed by atoms with E-state index in [4.69, 9.17) is 4.74 Å². The molecule has 2 unspecified atom stereocenters. The fourth-order valence-corrected chi connectivity index (χ4v) is 1.54. The lowest BCUT2D eigenvalue weighted by atomic mass is 10.00. The van der Waals surface area contributed by atoms with Crippen molar-refractivity contribution in [2.24, 2.45) is 0 Å². The van der Waals surface area contributed by atoms with Crippen LogP contribution in [-0.2, 0) is 0 Å². The molecule has 15 heavy (non-hydrogen) atoms. The number of nitrogens with zero attached hydrogens (tertiary/aromatic N) is 2. The van der Waals surface area contributed by atoms with Crippen LogP contribution in [0.3, 0.4) is 0 Å². The molecule has 0 bridgehead atoms. The minimum absolute atomic E-state index is 0.286. The first-order chi connectivity index (χ1) is 7.20. The summed E-state index contributed by atoms with van der Waals surface area (Å²) >= 11 is 0. The Hall–Kier alpha value is -1.16. The highest BCUT2D eigenvalue weighted by Crippen LogP contribution is 2.23. The molecule has 0 aliphatic heterocycles. The largest absolute Gasteiger partial charge is 0.480 e. The summed E-state index contributed by atoms with van der Waals surface area (Å²) in [4.78, 5) is 8.47. The minimum atomic E-state index is 0.286. The first kappa shape index (κ1) is 11.9. The second-order valence-electron chi connectivity index (χ2n) is 3.59.